The third-order valence-electron chi connectivity index (χ3n) is 13.5. The van der Waals surface area contributed by atoms with Gasteiger partial charge in [-0.3, -0.25) is 0 Å². The number of rotatable bonds is 9. The lowest BCUT2D eigenvalue weighted by Gasteiger charge is -2.59. The van der Waals surface area contributed by atoms with Gasteiger partial charge in [-0.05, 0) is 104 Å². The fourth-order valence-corrected chi connectivity index (χ4v) is 10.9. The molecule has 0 aliphatic heterocycles. The minimum Gasteiger partial charge on any atom is -0.414 e. The first-order chi connectivity index (χ1) is 20.0. The Hall–Kier alpha value is -0.506. The van der Waals surface area contributed by atoms with Crippen molar-refractivity contribution in [2.24, 2.45) is 28.6 Å². The van der Waals surface area contributed by atoms with E-state index in [-0.39, 0.29) is 45.1 Å². The van der Waals surface area contributed by atoms with Crippen LogP contribution in [0.4, 0.5) is 0 Å². The van der Waals surface area contributed by atoms with Crippen molar-refractivity contribution in [3.05, 3.63) is 34.9 Å². The average Bonchev–Trinajstić information content (AvgIpc) is 3.23. The van der Waals surface area contributed by atoms with Gasteiger partial charge in [-0.2, -0.15) is 0 Å². The van der Waals surface area contributed by atoms with Crippen molar-refractivity contribution in [2.75, 3.05) is 6.61 Å². The molecule has 2 saturated carbocycles. The van der Waals surface area contributed by atoms with Crippen LogP contribution < -0.4 is 0 Å². The zero-order valence-corrected chi connectivity index (χ0v) is 33.2. The topological polar surface area (TPSA) is 47.9 Å². The van der Waals surface area contributed by atoms with Gasteiger partial charge in [0.25, 0.3) is 0 Å². The van der Waals surface area contributed by atoms with Gasteiger partial charge in [0.1, 0.15) is 0 Å². The van der Waals surface area contributed by atoms with E-state index in [9.17, 15) is 5.11 Å². The standard InChI is InChI=1S/C38H68O4Si2/c1-25(2)33(39)24-40-26(3)30-18-19-31-29-17-16-27-22-28(41-43(12,13)35(4,5)6)23-34(42-44(14,15)36(7,8)9)38(27,11)32(29)20-21-37(30,31)10/h16-18,25-26,28,31-34,39H,19-24H2,1-15H3/t26-,28+,31-,32-,33+,34-,37+,38-/m0/s1. The van der Waals surface area contributed by atoms with Gasteiger partial charge in [-0.1, -0.05) is 98.6 Å². The van der Waals surface area contributed by atoms with Crippen LogP contribution in [-0.2, 0) is 13.6 Å². The highest BCUT2D eigenvalue weighted by molar-refractivity contribution is 6.74. The van der Waals surface area contributed by atoms with E-state index in [0.717, 1.165) is 19.3 Å². The number of aliphatic hydroxyl groups excluding tert-OH is 1. The molecule has 44 heavy (non-hydrogen) atoms. The Morgan fingerprint density at radius 1 is 0.909 bits per heavy atom. The number of hydrogen-bond acceptors (Lipinski definition) is 4. The highest BCUT2D eigenvalue weighted by Crippen LogP contribution is 2.65. The smallest absolute Gasteiger partial charge is 0.192 e. The molecule has 0 aromatic rings. The lowest BCUT2D eigenvalue weighted by Crippen LogP contribution is -2.58. The van der Waals surface area contributed by atoms with E-state index in [0.29, 0.717) is 18.4 Å². The van der Waals surface area contributed by atoms with Gasteiger partial charge in [0.05, 0.1) is 31.0 Å². The summed E-state index contributed by atoms with van der Waals surface area (Å²) in [6.45, 7) is 35.6. The lowest BCUT2D eigenvalue weighted by atomic mass is 9.49. The van der Waals surface area contributed by atoms with Gasteiger partial charge in [-0.25, -0.2) is 0 Å². The molecule has 0 bridgehead atoms. The molecule has 0 radical (unpaired) electrons. The van der Waals surface area contributed by atoms with E-state index in [1.807, 2.05) is 0 Å². The summed E-state index contributed by atoms with van der Waals surface area (Å²) in [4.78, 5) is 0. The Kier molecular flexibility index (Phi) is 10.1. The largest absolute Gasteiger partial charge is 0.414 e. The van der Waals surface area contributed by atoms with Crippen LogP contribution >= 0.6 is 0 Å². The molecule has 0 aromatic carbocycles. The van der Waals surface area contributed by atoms with Crippen molar-refractivity contribution in [2.45, 2.75) is 169 Å². The van der Waals surface area contributed by atoms with E-state index >= 15 is 0 Å². The number of fused-ring (bicyclic) bond motifs is 5. The molecule has 0 saturated heterocycles. The van der Waals surface area contributed by atoms with Crippen LogP contribution in [0.25, 0.3) is 0 Å². The molecule has 4 rings (SSSR count). The maximum absolute atomic E-state index is 10.4. The highest BCUT2D eigenvalue weighted by Gasteiger charge is 2.59. The molecule has 6 heteroatoms. The summed E-state index contributed by atoms with van der Waals surface area (Å²) in [6, 6.07) is 0. The Labute approximate surface area is 273 Å². The Balaban J connectivity index is 1.66. The van der Waals surface area contributed by atoms with Gasteiger partial charge < -0.3 is 18.7 Å². The van der Waals surface area contributed by atoms with Gasteiger partial charge in [0.15, 0.2) is 16.6 Å². The zero-order chi connectivity index (χ0) is 33.3. The zero-order valence-electron chi connectivity index (χ0n) is 31.2. The summed E-state index contributed by atoms with van der Waals surface area (Å²) < 4.78 is 21.0. The second-order valence-corrected chi connectivity index (χ2v) is 28.2. The van der Waals surface area contributed by atoms with Crippen LogP contribution in [0.2, 0.25) is 36.3 Å². The minimum absolute atomic E-state index is 0.0134. The minimum atomic E-state index is -2.03. The average molecular weight is 645 g/mol. The predicted molar refractivity (Wildman–Crippen MR) is 191 cm³/mol. The normalized spacial score (nSPS) is 34.4. The molecule has 4 aliphatic rings. The van der Waals surface area contributed by atoms with Gasteiger partial charge in [-0.15, -0.1) is 0 Å². The number of allylic oxidation sites excluding steroid dienone is 4. The van der Waals surface area contributed by atoms with Crippen LogP contribution in [0.1, 0.15) is 108 Å². The molecule has 0 aromatic heterocycles. The summed E-state index contributed by atoms with van der Waals surface area (Å²) in [5.74, 6) is 1.20. The predicted octanol–water partition coefficient (Wildman–Crippen LogP) is 10.2. The van der Waals surface area contributed by atoms with E-state index in [2.05, 4.69) is 121 Å². The van der Waals surface area contributed by atoms with E-state index in [4.69, 9.17) is 13.6 Å². The molecule has 4 nitrogen and oxygen atoms in total. The molecule has 0 unspecified atom stereocenters. The molecule has 0 amide bonds. The van der Waals surface area contributed by atoms with Crippen LogP contribution in [0, 0.1) is 28.6 Å². The van der Waals surface area contributed by atoms with Crippen molar-refractivity contribution in [3.63, 3.8) is 0 Å². The summed E-state index contributed by atoms with van der Waals surface area (Å²) in [5, 5.41) is 10.8. The van der Waals surface area contributed by atoms with E-state index in [1.54, 1.807) is 11.1 Å². The third-order valence-corrected chi connectivity index (χ3v) is 22.5. The summed E-state index contributed by atoms with van der Waals surface area (Å²) in [5.41, 5.74) is 4.72. The number of aliphatic hydroxyl groups is 1. The summed E-state index contributed by atoms with van der Waals surface area (Å²) >= 11 is 0. The fourth-order valence-electron chi connectivity index (χ4n) is 8.17. The molecular formula is C38H68O4Si2. The molecule has 1 N–H and O–H groups in total. The lowest BCUT2D eigenvalue weighted by molar-refractivity contribution is -0.0423. The molecular weight excluding hydrogens is 577 g/mol. The van der Waals surface area contributed by atoms with Crippen LogP contribution in [0.15, 0.2) is 34.9 Å². The number of hydrogen-bond donors (Lipinski definition) is 1. The van der Waals surface area contributed by atoms with Crippen molar-refractivity contribution in [3.8, 4) is 0 Å². The van der Waals surface area contributed by atoms with Crippen molar-refractivity contribution in [1.82, 2.24) is 0 Å². The van der Waals surface area contributed by atoms with Gasteiger partial charge >= 0.3 is 0 Å². The van der Waals surface area contributed by atoms with Gasteiger partial charge in [0, 0.05) is 5.41 Å². The Morgan fingerprint density at radius 2 is 1.50 bits per heavy atom. The molecule has 0 spiro atoms. The second kappa shape index (κ2) is 12.2. The molecule has 252 valence electrons. The third kappa shape index (κ3) is 6.48. The monoisotopic (exact) mass is 644 g/mol. The van der Waals surface area contributed by atoms with Crippen LogP contribution in [0.3, 0.4) is 0 Å². The second-order valence-electron chi connectivity index (χ2n) is 18.7. The highest BCUT2D eigenvalue weighted by atomic mass is 28.4. The first-order valence-corrected chi connectivity index (χ1v) is 23.5. The fraction of sp³-hybridized carbons (Fsp3) is 0.842. The van der Waals surface area contributed by atoms with Gasteiger partial charge in [0.2, 0.25) is 0 Å². The summed E-state index contributed by atoms with van der Waals surface area (Å²) in [7, 11) is -3.95. The van der Waals surface area contributed by atoms with Crippen molar-refractivity contribution < 1.29 is 18.7 Å². The first-order valence-electron chi connectivity index (χ1n) is 17.7. The van der Waals surface area contributed by atoms with E-state index < -0.39 is 22.7 Å². The van der Waals surface area contributed by atoms with Crippen molar-refractivity contribution in [1.29, 1.82) is 0 Å². The molecule has 8 atom stereocenters. The molecule has 2 fully saturated rings. The molecule has 4 aliphatic carbocycles. The maximum Gasteiger partial charge on any atom is 0.192 e. The van der Waals surface area contributed by atoms with E-state index in [1.165, 1.54) is 18.4 Å². The number of ether oxygens (including phenoxy) is 1. The van der Waals surface area contributed by atoms with Crippen molar-refractivity contribution >= 4 is 16.6 Å². The Morgan fingerprint density at radius 3 is 2.07 bits per heavy atom. The molecule has 0 heterocycles. The Bertz CT molecular complexity index is 1150. The van der Waals surface area contributed by atoms with Crippen LogP contribution in [-0.4, -0.2) is 52.8 Å². The quantitative estimate of drug-likeness (QED) is 0.200. The first kappa shape index (κ1) is 36.3. The summed E-state index contributed by atoms with van der Waals surface area (Å²) in [6.07, 6.45) is 12.9. The SMILES string of the molecule is CC(C)[C@H](O)CO[C@@H](C)C1=CC[C@H]2C3=CC=C4C[C@@H](O[Si](C)(C)C(C)(C)C)C[C@H](O[Si](C)(C)C(C)(C)C)[C@]4(C)[C@H]3CC[C@]12C. The van der Waals surface area contributed by atoms with Crippen LogP contribution in [0.5, 0.6) is 0 Å². The maximum atomic E-state index is 10.4.